The minimum absolute atomic E-state index is 0. The fourth-order valence-corrected chi connectivity index (χ4v) is 0. The van der Waals surface area contributed by atoms with Gasteiger partial charge in [0.2, 0.25) is 0 Å². The number of carboxylic acids is 4. The van der Waals surface area contributed by atoms with Crippen LogP contribution in [0.5, 0.6) is 0 Å². The molecule has 0 bridgehead atoms. The van der Waals surface area contributed by atoms with Crippen LogP contribution in [0.2, 0.25) is 19.8 Å². The van der Waals surface area contributed by atoms with E-state index < -0.39 is 23.9 Å². The molecule has 9 nitrogen and oxygen atoms in total. The van der Waals surface area contributed by atoms with Crippen LogP contribution in [0.4, 0.5) is 0 Å². The summed E-state index contributed by atoms with van der Waals surface area (Å²) in [4.78, 5) is 46.3. The van der Waals surface area contributed by atoms with E-state index in [2.05, 4.69) is 70.3 Å². The number of aliphatic carboxylic acids is 4. The van der Waals surface area contributed by atoms with Gasteiger partial charge in [0.15, 0.2) is 0 Å². The molecular weight excluding hydrogens is 654 g/mol. The fourth-order valence-electron chi connectivity index (χ4n) is 0. The summed E-state index contributed by atoms with van der Waals surface area (Å²) in [6.07, 6.45) is 0. The summed E-state index contributed by atoms with van der Waals surface area (Å²) in [7, 11) is 0. The molecule has 0 saturated carbocycles. The first kappa shape index (κ1) is 46.2. The minimum atomic E-state index is -0.881. The van der Waals surface area contributed by atoms with Crippen molar-refractivity contribution in [2.45, 2.75) is 19.8 Å². The maximum absolute atomic E-state index is 9.29. The van der Waals surface area contributed by atoms with E-state index in [-0.39, 0.29) is 70.8 Å². The summed E-state index contributed by atoms with van der Waals surface area (Å²) in [6, 6.07) is 0. The second kappa shape index (κ2) is 50.5. The van der Waals surface area contributed by atoms with Gasteiger partial charge in [-0.2, -0.15) is 50.5 Å². The molecule has 0 saturated heterocycles. The molecule has 0 fully saturated rings. The number of hydrogen-bond acceptors (Lipinski definition) is 8. The molecule has 0 aromatic rings. The Kier molecular flexibility index (Phi) is 86.3. The Hall–Kier alpha value is 0.837. The number of hydrogen-bond donors (Lipinski definition) is 8. The van der Waals surface area contributed by atoms with Crippen LogP contribution in [0.25, 0.3) is 0 Å². The van der Waals surface area contributed by atoms with Gasteiger partial charge in [0.05, 0.1) is 23.0 Å². The normalized spacial score (nSPS) is 6.81. The first-order valence-electron chi connectivity index (χ1n) is 6.39. The van der Waals surface area contributed by atoms with E-state index in [0.717, 1.165) is 0 Å². The molecular formula is C12H30O9S4Sn2. The zero-order valence-corrected chi connectivity index (χ0v) is 24.8. The van der Waals surface area contributed by atoms with E-state index in [9.17, 15) is 19.2 Å². The second-order valence-electron chi connectivity index (χ2n) is 3.21. The van der Waals surface area contributed by atoms with Crippen molar-refractivity contribution in [2.75, 3.05) is 23.0 Å². The third kappa shape index (κ3) is 212. The SMILES string of the molecule is O.O=C(O)CS.O=C(O)CS.O=C(O)CS.O=C(O)CS.[CH3][Sn][CH3].[CH3][Sn][CH3]. The van der Waals surface area contributed by atoms with Crippen molar-refractivity contribution in [3.63, 3.8) is 0 Å². The zero-order chi connectivity index (χ0) is 22.6. The molecule has 0 heterocycles. The van der Waals surface area contributed by atoms with Gasteiger partial charge in [-0.05, 0) is 0 Å². The molecule has 0 aromatic heterocycles. The molecule has 0 atom stereocenters. The van der Waals surface area contributed by atoms with E-state index >= 15 is 0 Å². The van der Waals surface area contributed by atoms with Gasteiger partial charge in [0, 0.05) is 0 Å². The Morgan fingerprint density at radius 3 is 0.593 bits per heavy atom. The number of thiol groups is 4. The van der Waals surface area contributed by atoms with Gasteiger partial charge in [-0.3, -0.25) is 19.2 Å². The van der Waals surface area contributed by atoms with Crippen molar-refractivity contribution in [2.24, 2.45) is 0 Å². The fraction of sp³-hybridized carbons (Fsp3) is 0.667. The van der Waals surface area contributed by atoms with E-state index in [1.165, 1.54) is 0 Å². The maximum atomic E-state index is 9.29. The quantitative estimate of drug-likeness (QED) is 0.158. The Morgan fingerprint density at radius 2 is 0.593 bits per heavy atom. The molecule has 0 spiro atoms. The predicted molar refractivity (Wildman–Crippen MR) is 125 cm³/mol. The Balaban J connectivity index is -0.0000000358. The molecule has 15 heteroatoms. The van der Waals surface area contributed by atoms with Gasteiger partial charge in [0.1, 0.15) is 0 Å². The van der Waals surface area contributed by atoms with Crippen molar-refractivity contribution >= 4 is 117 Å². The first-order chi connectivity index (χ1) is 11.9. The average molecular weight is 684 g/mol. The summed E-state index contributed by atoms with van der Waals surface area (Å²) < 4.78 is 0. The predicted octanol–water partition coefficient (Wildman–Crippen LogP) is 0.752. The van der Waals surface area contributed by atoms with Gasteiger partial charge in [0.25, 0.3) is 0 Å². The Morgan fingerprint density at radius 1 is 0.556 bits per heavy atom. The van der Waals surface area contributed by atoms with Crippen LogP contribution < -0.4 is 0 Å². The number of rotatable bonds is 4. The van der Waals surface area contributed by atoms with Crippen LogP contribution in [0.1, 0.15) is 0 Å². The molecule has 0 aliphatic rings. The summed E-state index contributed by atoms with van der Waals surface area (Å²) in [5.74, 6) is -3.86. The second-order valence-corrected chi connectivity index (χ2v) is 10.2. The number of carbonyl (C=O) groups is 4. The van der Waals surface area contributed by atoms with Crippen LogP contribution in [-0.2, 0) is 19.2 Å². The van der Waals surface area contributed by atoms with Gasteiger partial charge < -0.3 is 25.9 Å². The van der Waals surface area contributed by atoms with Crippen molar-refractivity contribution in [3.05, 3.63) is 0 Å². The monoisotopic (exact) mass is 686 g/mol. The van der Waals surface area contributed by atoms with Gasteiger partial charge in [-0.15, -0.1) is 0 Å². The summed E-state index contributed by atoms with van der Waals surface area (Å²) in [6.45, 7) is 0. The van der Waals surface area contributed by atoms with Gasteiger partial charge in [-0.1, -0.05) is 0 Å². The molecule has 0 aromatic carbocycles. The molecule has 6 N–H and O–H groups in total. The van der Waals surface area contributed by atoms with Gasteiger partial charge >= 0.3 is 85.9 Å². The topological polar surface area (TPSA) is 181 Å². The molecule has 0 amide bonds. The molecule has 0 aliphatic carbocycles. The van der Waals surface area contributed by atoms with Crippen LogP contribution in [0.15, 0.2) is 0 Å². The molecule has 164 valence electrons. The van der Waals surface area contributed by atoms with Crippen molar-refractivity contribution in [1.29, 1.82) is 0 Å². The van der Waals surface area contributed by atoms with Crippen LogP contribution in [-0.4, -0.2) is 115 Å². The summed E-state index contributed by atoms with van der Waals surface area (Å²) in [5, 5.41) is 30.6. The van der Waals surface area contributed by atoms with E-state index in [0.29, 0.717) is 0 Å². The summed E-state index contributed by atoms with van der Waals surface area (Å²) in [5.41, 5.74) is 0. The molecule has 4 radical (unpaired) electrons. The van der Waals surface area contributed by atoms with Crippen molar-refractivity contribution in [3.8, 4) is 0 Å². The Labute approximate surface area is 202 Å². The van der Waals surface area contributed by atoms with Crippen molar-refractivity contribution < 1.29 is 45.1 Å². The third-order valence-electron chi connectivity index (χ3n) is 0.541. The molecule has 27 heavy (non-hydrogen) atoms. The van der Waals surface area contributed by atoms with E-state index in [4.69, 9.17) is 20.4 Å². The summed E-state index contributed by atoms with van der Waals surface area (Å²) >= 11 is 14.1. The molecule has 0 aliphatic heterocycles. The van der Waals surface area contributed by atoms with E-state index in [1.807, 2.05) is 0 Å². The third-order valence-corrected chi connectivity index (χ3v) is 1.62. The standard InChI is InChI=1S/4C2H4O2S.4CH3.H2O.2Sn/c4*3-2(4)1-5;;;;;;;/h4*5H,1H2,(H,3,4);4*1H3;1H2;;. The Bertz CT molecular complexity index is 267. The van der Waals surface area contributed by atoms with Crippen molar-refractivity contribution in [1.82, 2.24) is 0 Å². The molecule has 0 unspecified atom stereocenters. The van der Waals surface area contributed by atoms with E-state index in [1.54, 1.807) is 0 Å². The van der Waals surface area contributed by atoms with Crippen LogP contribution in [0.3, 0.4) is 0 Å². The molecule has 0 rings (SSSR count). The zero-order valence-electron chi connectivity index (χ0n) is 15.5. The average Bonchev–Trinajstić information content (AvgIpc) is 2.57. The van der Waals surface area contributed by atoms with Crippen LogP contribution >= 0.6 is 50.5 Å². The first-order valence-corrected chi connectivity index (χ1v) is 20.3. The van der Waals surface area contributed by atoms with Gasteiger partial charge in [-0.25, -0.2) is 0 Å². The number of carboxylic acid groups (broad SMARTS) is 4. The van der Waals surface area contributed by atoms with Crippen LogP contribution in [0, 0.1) is 0 Å².